The quantitative estimate of drug-likeness (QED) is 0.274. The van der Waals surface area contributed by atoms with E-state index in [0.717, 1.165) is 31.6 Å². The Hall–Kier alpha value is -1.88. The number of rotatable bonds is 16. The van der Waals surface area contributed by atoms with E-state index in [1.54, 1.807) is 12.1 Å². The van der Waals surface area contributed by atoms with Crippen molar-refractivity contribution < 1.29 is 5.11 Å². The number of aromatic hydroxyl groups is 1. The molecule has 0 amide bonds. The summed E-state index contributed by atoms with van der Waals surface area (Å²) in [6, 6.07) is 5.21. The molecule has 3 rings (SSSR count). The molecule has 1 aliphatic heterocycles. The molecular formula is C29H47N3O2. The molecule has 0 bridgehead atoms. The maximum absolute atomic E-state index is 13.3. The zero-order chi connectivity index (χ0) is 24.0. The average Bonchev–Trinajstić information content (AvgIpc) is 2.85. The van der Waals surface area contributed by atoms with Crippen LogP contribution >= 0.6 is 0 Å². The first-order chi connectivity index (χ1) is 16.7. The smallest absolute Gasteiger partial charge is 0.265 e. The molecule has 5 nitrogen and oxygen atoms in total. The Kier molecular flexibility index (Phi) is 11.9. The van der Waals surface area contributed by atoms with E-state index < -0.39 is 0 Å². The van der Waals surface area contributed by atoms with Crippen molar-refractivity contribution in [3.8, 4) is 5.75 Å². The minimum absolute atomic E-state index is 0.0426. The van der Waals surface area contributed by atoms with Gasteiger partial charge >= 0.3 is 0 Å². The Morgan fingerprint density at radius 2 is 1.47 bits per heavy atom. The van der Waals surface area contributed by atoms with Crippen LogP contribution in [0.4, 0.5) is 0 Å². The van der Waals surface area contributed by atoms with E-state index in [9.17, 15) is 9.90 Å². The zero-order valence-corrected chi connectivity index (χ0v) is 21.6. The Morgan fingerprint density at radius 3 is 2.15 bits per heavy atom. The maximum Gasteiger partial charge on any atom is 0.265 e. The van der Waals surface area contributed by atoms with E-state index in [-0.39, 0.29) is 11.3 Å². The number of piperidine rings is 1. The molecule has 5 heteroatoms. The number of hydrogen-bond donors (Lipinski definition) is 1. The Bertz CT molecular complexity index is 902. The lowest BCUT2D eigenvalue weighted by Gasteiger charge is -2.26. The van der Waals surface area contributed by atoms with Gasteiger partial charge in [0.1, 0.15) is 17.0 Å². The predicted octanol–water partition coefficient (Wildman–Crippen LogP) is 6.83. The van der Waals surface area contributed by atoms with Gasteiger partial charge in [-0.2, -0.15) is 0 Å². The van der Waals surface area contributed by atoms with Crippen LogP contribution in [0, 0.1) is 0 Å². The molecule has 1 aromatic heterocycles. The summed E-state index contributed by atoms with van der Waals surface area (Å²) in [7, 11) is 0. The summed E-state index contributed by atoms with van der Waals surface area (Å²) in [4.78, 5) is 20.7. The number of fused-ring (bicyclic) bond motifs is 1. The Labute approximate surface area is 206 Å². The molecule has 1 aliphatic rings. The van der Waals surface area contributed by atoms with E-state index in [1.807, 2.05) is 10.6 Å². The first kappa shape index (κ1) is 26.7. The number of aromatic nitrogens is 2. The molecule has 0 saturated carbocycles. The highest BCUT2D eigenvalue weighted by Gasteiger charge is 2.15. The molecule has 0 radical (unpaired) electrons. The molecule has 1 fully saturated rings. The van der Waals surface area contributed by atoms with Crippen molar-refractivity contribution in [1.82, 2.24) is 14.5 Å². The number of phenolic OH excluding ortho intramolecular Hbond substituents is 1. The molecule has 1 N–H and O–H groups in total. The largest absolute Gasteiger partial charge is 0.507 e. The van der Waals surface area contributed by atoms with Crippen LogP contribution < -0.4 is 5.56 Å². The van der Waals surface area contributed by atoms with Crippen LogP contribution in [0.5, 0.6) is 5.75 Å². The second-order valence-electron chi connectivity index (χ2n) is 10.2. The highest BCUT2D eigenvalue weighted by Crippen LogP contribution is 2.21. The summed E-state index contributed by atoms with van der Waals surface area (Å²) < 4.78 is 1.85. The van der Waals surface area contributed by atoms with Crippen LogP contribution in [0.3, 0.4) is 0 Å². The van der Waals surface area contributed by atoms with Gasteiger partial charge in [-0.15, -0.1) is 0 Å². The zero-order valence-electron chi connectivity index (χ0n) is 21.6. The summed E-state index contributed by atoms with van der Waals surface area (Å²) in [5, 5.41) is 10.7. The summed E-state index contributed by atoms with van der Waals surface area (Å²) in [6.07, 6.45) is 20.1. The van der Waals surface area contributed by atoms with Crippen molar-refractivity contribution in [2.75, 3.05) is 19.6 Å². The second kappa shape index (κ2) is 15.2. The van der Waals surface area contributed by atoms with Gasteiger partial charge in [0.05, 0.1) is 5.52 Å². The number of likely N-dealkylation sites (tertiary alicyclic amines) is 1. The lowest BCUT2D eigenvalue weighted by Crippen LogP contribution is -2.32. The molecule has 0 unspecified atom stereocenters. The van der Waals surface area contributed by atoms with Gasteiger partial charge in [-0.25, -0.2) is 4.98 Å². The molecule has 1 saturated heterocycles. The predicted molar refractivity (Wildman–Crippen MR) is 143 cm³/mol. The van der Waals surface area contributed by atoms with Crippen LogP contribution in [0.1, 0.15) is 109 Å². The molecule has 190 valence electrons. The molecule has 34 heavy (non-hydrogen) atoms. The van der Waals surface area contributed by atoms with Gasteiger partial charge in [0.15, 0.2) is 0 Å². The number of phenols is 1. The number of aryl methyl sites for hydroxylation is 1. The van der Waals surface area contributed by atoms with Crippen molar-refractivity contribution in [2.45, 2.75) is 116 Å². The maximum atomic E-state index is 13.3. The van der Waals surface area contributed by atoms with Crippen LogP contribution in [-0.2, 0) is 13.0 Å². The number of unbranched alkanes of at least 4 members (excludes halogenated alkanes) is 10. The molecule has 1 aromatic carbocycles. The van der Waals surface area contributed by atoms with Crippen molar-refractivity contribution in [1.29, 1.82) is 0 Å². The SMILES string of the molecule is CCCCCCCCCCCCCc1nc2cccc(O)c2c(=O)n1CCCN1CCCCC1. The molecular weight excluding hydrogens is 422 g/mol. The molecule has 2 aromatic rings. The van der Waals surface area contributed by atoms with E-state index in [4.69, 9.17) is 4.98 Å². The fourth-order valence-electron chi connectivity index (χ4n) is 5.30. The van der Waals surface area contributed by atoms with Gasteiger partial charge in [-0.3, -0.25) is 9.36 Å². The third kappa shape index (κ3) is 8.41. The first-order valence-electron chi connectivity index (χ1n) is 14.1. The average molecular weight is 470 g/mol. The standard InChI is InChI=1S/C29H47N3O2/c1-2-3-4-5-6-7-8-9-10-11-13-20-27-30-25-18-16-19-26(33)28(25)29(34)32(27)24-17-23-31-21-14-12-15-22-31/h16,18-19,33H,2-15,17,20-24H2,1H3. The van der Waals surface area contributed by atoms with Gasteiger partial charge in [-0.05, 0) is 57.5 Å². The van der Waals surface area contributed by atoms with Crippen molar-refractivity contribution in [3.05, 3.63) is 34.4 Å². The van der Waals surface area contributed by atoms with Crippen molar-refractivity contribution >= 4 is 10.9 Å². The summed E-state index contributed by atoms with van der Waals surface area (Å²) >= 11 is 0. The van der Waals surface area contributed by atoms with Crippen molar-refractivity contribution in [3.63, 3.8) is 0 Å². The minimum Gasteiger partial charge on any atom is -0.507 e. The third-order valence-electron chi connectivity index (χ3n) is 7.35. The lowest BCUT2D eigenvalue weighted by atomic mass is 10.1. The summed E-state index contributed by atoms with van der Waals surface area (Å²) in [5.41, 5.74) is 0.537. The van der Waals surface area contributed by atoms with Gasteiger partial charge in [0.25, 0.3) is 5.56 Å². The number of hydrogen-bond acceptors (Lipinski definition) is 4. The topological polar surface area (TPSA) is 58.4 Å². The summed E-state index contributed by atoms with van der Waals surface area (Å²) in [5.74, 6) is 0.929. The van der Waals surface area contributed by atoms with Gasteiger partial charge in [0.2, 0.25) is 0 Å². The van der Waals surface area contributed by atoms with Crippen LogP contribution in [-0.4, -0.2) is 39.2 Å². The first-order valence-corrected chi connectivity index (χ1v) is 14.1. The summed E-state index contributed by atoms with van der Waals surface area (Å²) in [6.45, 7) is 6.34. The van der Waals surface area contributed by atoms with Gasteiger partial charge < -0.3 is 10.0 Å². The Balaban J connectivity index is 1.51. The van der Waals surface area contributed by atoms with Crippen molar-refractivity contribution in [2.24, 2.45) is 0 Å². The number of benzene rings is 1. The van der Waals surface area contributed by atoms with Gasteiger partial charge in [-0.1, -0.05) is 83.6 Å². The van der Waals surface area contributed by atoms with Crippen LogP contribution in [0.25, 0.3) is 10.9 Å². The lowest BCUT2D eigenvalue weighted by molar-refractivity contribution is 0.222. The second-order valence-corrected chi connectivity index (χ2v) is 10.2. The molecule has 2 heterocycles. The van der Waals surface area contributed by atoms with E-state index in [2.05, 4.69) is 11.8 Å². The van der Waals surface area contributed by atoms with Gasteiger partial charge in [0, 0.05) is 13.0 Å². The highest BCUT2D eigenvalue weighted by molar-refractivity contribution is 5.83. The Morgan fingerprint density at radius 1 is 0.824 bits per heavy atom. The monoisotopic (exact) mass is 469 g/mol. The highest BCUT2D eigenvalue weighted by atomic mass is 16.3. The third-order valence-corrected chi connectivity index (χ3v) is 7.35. The molecule has 0 spiro atoms. The van der Waals surface area contributed by atoms with E-state index in [1.165, 1.54) is 96.6 Å². The number of nitrogens with zero attached hydrogens (tertiary/aromatic N) is 3. The fourth-order valence-corrected chi connectivity index (χ4v) is 5.30. The van der Waals surface area contributed by atoms with E-state index in [0.29, 0.717) is 17.4 Å². The molecule has 0 atom stereocenters. The van der Waals surface area contributed by atoms with E-state index >= 15 is 0 Å². The minimum atomic E-state index is -0.0835. The molecule has 0 aliphatic carbocycles. The fraction of sp³-hybridized carbons (Fsp3) is 0.724. The van der Waals surface area contributed by atoms with Crippen LogP contribution in [0.2, 0.25) is 0 Å². The van der Waals surface area contributed by atoms with Crippen LogP contribution in [0.15, 0.2) is 23.0 Å². The normalized spacial score (nSPS) is 14.7.